The van der Waals surface area contributed by atoms with E-state index in [1.54, 1.807) is 7.11 Å². The molecular formula is C15H21N3O. The highest BCUT2D eigenvalue weighted by atomic mass is 16.5. The Morgan fingerprint density at radius 2 is 2.05 bits per heavy atom. The first-order valence-electron chi connectivity index (χ1n) is 6.55. The summed E-state index contributed by atoms with van der Waals surface area (Å²) in [5.74, 6) is 0. The van der Waals surface area contributed by atoms with Gasteiger partial charge in [0.1, 0.15) is 0 Å². The number of hydrogen-bond donors (Lipinski definition) is 1. The zero-order chi connectivity index (χ0) is 13.5. The van der Waals surface area contributed by atoms with Crippen LogP contribution >= 0.6 is 0 Å². The van der Waals surface area contributed by atoms with Gasteiger partial charge in [-0.1, -0.05) is 24.3 Å². The van der Waals surface area contributed by atoms with Crippen molar-refractivity contribution in [2.24, 2.45) is 0 Å². The molecule has 0 bridgehead atoms. The molecule has 0 radical (unpaired) electrons. The average molecular weight is 259 g/mol. The van der Waals surface area contributed by atoms with Gasteiger partial charge in [-0.15, -0.1) is 0 Å². The molecule has 4 nitrogen and oxygen atoms in total. The number of nitrogens with zero attached hydrogens (tertiary/aromatic N) is 2. The lowest BCUT2D eigenvalue weighted by molar-refractivity contribution is 0.184. The molecule has 0 aliphatic carbocycles. The van der Waals surface area contributed by atoms with Crippen LogP contribution in [0.5, 0.6) is 0 Å². The van der Waals surface area contributed by atoms with Gasteiger partial charge in [-0.25, -0.2) is 0 Å². The van der Waals surface area contributed by atoms with E-state index in [0.717, 1.165) is 19.6 Å². The Labute approximate surface area is 114 Å². The summed E-state index contributed by atoms with van der Waals surface area (Å²) in [6, 6.07) is 8.36. The molecule has 0 fully saturated rings. The van der Waals surface area contributed by atoms with Crippen molar-refractivity contribution < 1.29 is 4.74 Å². The molecule has 1 aromatic heterocycles. The number of nitrogens with one attached hydrogen (secondary N) is 1. The highest BCUT2D eigenvalue weighted by molar-refractivity contribution is 5.26. The number of aryl methyl sites for hydroxylation is 1. The van der Waals surface area contributed by atoms with Crippen molar-refractivity contribution in [1.82, 2.24) is 15.1 Å². The molecule has 0 atom stereocenters. The summed E-state index contributed by atoms with van der Waals surface area (Å²) in [6.07, 6.45) is 3.94. The van der Waals surface area contributed by atoms with Crippen molar-refractivity contribution in [3.8, 4) is 0 Å². The predicted octanol–water partition coefficient (Wildman–Crippen LogP) is 2.13. The molecule has 0 aliphatic rings. The highest BCUT2D eigenvalue weighted by Gasteiger charge is 2.01. The van der Waals surface area contributed by atoms with E-state index >= 15 is 0 Å². The van der Waals surface area contributed by atoms with E-state index in [-0.39, 0.29) is 0 Å². The smallest absolute Gasteiger partial charge is 0.0716 e. The zero-order valence-electron chi connectivity index (χ0n) is 11.6. The topological polar surface area (TPSA) is 39.1 Å². The first kappa shape index (κ1) is 13.8. The van der Waals surface area contributed by atoms with E-state index in [4.69, 9.17) is 4.74 Å². The highest BCUT2D eigenvalue weighted by Crippen LogP contribution is 2.09. The number of benzene rings is 1. The van der Waals surface area contributed by atoms with Gasteiger partial charge in [-0.2, -0.15) is 5.10 Å². The van der Waals surface area contributed by atoms with E-state index in [0.29, 0.717) is 6.61 Å². The number of ether oxygens (including phenoxy) is 1. The van der Waals surface area contributed by atoms with Crippen LogP contribution in [-0.2, 0) is 24.4 Å². The summed E-state index contributed by atoms with van der Waals surface area (Å²) in [5, 5.41) is 7.71. The third kappa shape index (κ3) is 4.19. The molecule has 102 valence electrons. The van der Waals surface area contributed by atoms with Gasteiger partial charge in [0.15, 0.2) is 0 Å². The van der Waals surface area contributed by atoms with Gasteiger partial charge in [0, 0.05) is 26.4 Å². The van der Waals surface area contributed by atoms with Gasteiger partial charge in [-0.3, -0.25) is 4.68 Å². The molecule has 1 heterocycles. The lowest BCUT2D eigenvalue weighted by Crippen LogP contribution is -2.20. The largest absolute Gasteiger partial charge is 0.380 e. The molecule has 0 spiro atoms. The Morgan fingerprint density at radius 3 is 2.74 bits per heavy atom. The van der Waals surface area contributed by atoms with Crippen molar-refractivity contribution in [3.63, 3.8) is 0 Å². The van der Waals surface area contributed by atoms with Gasteiger partial charge >= 0.3 is 0 Å². The standard InChI is InChI=1S/C15H21N3O/c1-13-9-17-18(11-13)8-7-16-10-14-5-3-4-6-15(14)12-19-2/h3-6,9,11,16H,7-8,10,12H2,1-2H3. The molecule has 0 amide bonds. The third-order valence-electron chi connectivity index (χ3n) is 3.01. The van der Waals surface area contributed by atoms with E-state index in [9.17, 15) is 0 Å². The van der Waals surface area contributed by atoms with Crippen molar-refractivity contribution >= 4 is 0 Å². The van der Waals surface area contributed by atoms with Crippen LogP contribution in [0.2, 0.25) is 0 Å². The molecule has 0 saturated carbocycles. The van der Waals surface area contributed by atoms with Gasteiger partial charge in [0.2, 0.25) is 0 Å². The second-order valence-corrected chi connectivity index (χ2v) is 4.66. The van der Waals surface area contributed by atoms with E-state index in [2.05, 4.69) is 41.7 Å². The molecule has 19 heavy (non-hydrogen) atoms. The van der Waals surface area contributed by atoms with Crippen LogP contribution in [0.1, 0.15) is 16.7 Å². The second kappa shape index (κ2) is 7.07. The first-order valence-corrected chi connectivity index (χ1v) is 6.55. The molecular weight excluding hydrogens is 238 g/mol. The molecule has 0 aliphatic heterocycles. The molecule has 4 heteroatoms. The quantitative estimate of drug-likeness (QED) is 0.774. The summed E-state index contributed by atoms with van der Waals surface area (Å²) < 4.78 is 7.17. The Bertz CT molecular complexity index is 508. The lowest BCUT2D eigenvalue weighted by atomic mass is 10.1. The van der Waals surface area contributed by atoms with Crippen LogP contribution in [0, 0.1) is 6.92 Å². The minimum atomic E-state index is 0.663. The Morgan fingerprint density at radius 1 is 1.26 bits per heavy atom. The second-order valence-electron chi connectivity index (χ2n) is 4.66. The van der Waals surface area contributed by atoms with Crippen LogP contribution in [0.3, 0.4) is 0 Å². The maximum absolute atomic E-state index is 5.21. The molecule has 2 rings (SSSR count). The van der Waals surface area contributed by atoms with Crippen molar-refractivity contribution in [2.75, 3.05) is 13.7 Å². The summed E-state index contributed by atoms with van der Waals surface area (Å²) in [5.41, 5.74) is 3.74. The van der Waals surface area contributed by atoms with Crippen molar-refractivity contribution in [3.05, 3.63) is 53.3 Å². The zero-order valence-corrected chi connectivity index (χ0v) is 11.6. The van der Waals surface area contributed by atoms with Gasteiger partial charge in [0.25, 0.3) is 0 Å². The number of methoxy groups -OCH3 is 1. The van der Waals surface area contributed by atoms with Crippen LogP contribution in [0.15, 0.2) is 36.7 Å². The van der Waals surface area contributed by atoms with Crippen LogP contribution in [0.4, 0.5) is 0 Å². The minimum absolute atomic E-state index is 0.663. The fourth-order valence-electron chi connectivity index (χ4n) is 2.03. The number of rotatable bonds is 7. The summed E-state index contributed by atoms with van der Waals surface area (Å²) in [6.45, 7) is 5.37. The van der Waals surface area contributed by atoms with Crippen LogP contribution < -0.4 is 5.32 Å². The maximum Gasteiger partial charge on any atom is 0.0716 e. The molecule has 1 aromatic carbocycles. The Hall–Kier alpha value is -1.65. The molecule has 1 N–H and O–H groups in total. The van der Waals surface area contributed by atoms with Gasteiger partial charge in [-0.05, 0) is 23.6 Å². The van der Waals surface area contributed by atoms with E-state index in [1.807, 2.05) is 16.9 Å². The van der Waals surface area contributed by atoms with Crippen molar-refractivity contribution in [1.29, 1.82) is 0 Å². The fraction of sp³-hybridized carbons (Fsp3) is 0.400. The number of aromatic nitrogens is 2. The summed E-state index contributed by atoms with van der Waals surface area (Å²) in [4.78, 5) is 0. The predicted molar refractivity (Wildman–Crippen MR) is 75.8 cm³/mol. The van der Waals surface area contributed by atoms with Crippen LogP contribution in [0.25, 0.3) is 0 Å². The lowest BCUT2D eigenvalue weighted by Gasteiger charge is -2.10. The summed E-state index contributed by atoms with van der Waals surface area (Å²) >= 11 is 0. The molecule has 2 aromatic rings. The first-order chi connectivity index (χ1) is 9.29. The SMILES string of the molecule is COCc1ccccc1CNCCn1cc(C)cn1. The van der Waals surface area contributed by atoms with Crippen molar-refractivity contribution in [2.45, 2.75) is 26.6 Å². The van der Waals surface area contributed by atoms with Gasteiger partial charge < -0.3 is 10.1 Å². The van der Waals surface area contributed by atoms with E-state index in [1.165, 1.54) is 16.7 Å². The van der Waals surface area contributed by atoms with E-state index < -0.39 is 0 Å². The number of hydrogen-bond acceptors (Lipinski definition) is 3. The maximum atomic E-state index is 5.21. The van der Waals surface area contributed by atoms with Crippen LogP contribution in [-0.4, -0.2) is 23.4 Å². The fourth-order valence-corrected chi connectivity index (χ4v) is 2.03. The minimum Gasteiger partial charge on any atom is -0.380 e. The Balaban J connectivity index is 1.79. The third-order valence-corrected chi connectivity index (χ3v) is 3.01. The Kier molecular flexibility index (Phi) is 5.12. The van der Waals surface area contributed by atoms with Gasteiger partial charge in [0.05, 0.1) is 19.3 Å². The summed E-state index contributed by atoms with van der Waals surface area (Å²) in [7, 11) is 1.73. The molecule has 0 unspecified atom stereocenters. The monoisotopic (exact) mass is 259 g/mol. The average Bonchev–Trinajstić information content (AvgIpc) is 2.83. The molecule has 0 saturated heterocycles. The normalized spacial score (nSPS) is 10.8.